The molecule has 23 heavy (non-hydrogen) atoms. The molecule has 0 aliphatic heterocycles. The fourth-order valence-electron chi connectivity index (χ4n) is 2.42. The molecule has 0 aliphatic carbocycles. The Balaban J connectivity index is 2.00. The molecule has 0 atom stereocenters. The monoisotopic (exact) mass is 334 g/mol. The first-order chi connectivity index (χ1) is 10.9. The first kappa shape index (κ1) is 15.5. The second-order valence-corrected chi connectivity index (χ2v) is 7.08. The van der Waals surface area contributed by atoms with Crippen molar-refractivity contribution in [2.45, 2.75) is 10.9 Å². The summed E-state index contributed by atoms with van der Waals surface area (Å²) in [4.78, 5) is 4.14. The van der Waals surface area contributed by atoms with Crippen LogP contribution in [0, 0.1) is 5.82 Å². The van der Waals surface area contributed by atoms with Gasteiger partial charge < -0.3 is 9.30 Å². The Morgan fingerprint density at radius 3 is 2.52 bits per heavy atom. The molecule has 0 spiro atoms. The summed E-state index contributed by atoms with van der Waals surface area (Å²) in [6.07, 6.45) is 0. The molecule has 5 nitrogen and oxygen atoms in total. The Bertz CT molecular complexity index is 963. The van der Waals surface area contributed by atoms with Crippen LogP contribution in [0.4, 0.5) is 4.39 Å². The molecule has 2 aromatic carbocycles. The average molecular weight is 334 g/mol. The van der Waals surface area contributed by atoms with Gasteiger partial charge in [-0.05, 0) is 35.9 Å². The topological polar surface area (TPSA) is 61.2 Å². The molecule has 0 saturated carbocycles. The number of fused-ring (bicyclic) bond motifs is 1. The number of imidazole rings is 1. The van der Waals surface area contributed by atoms with E-state index < -0.39 is 15.7 Å². The average Bonchev–Trinajstić information content (AvgIpc) is 2.85. The Morgan fingerprint density at radius 1 is 1.17 bits per heavy atom. The summed E-state index contributed by atoms with van der Waals surface area (Å²) < 4.78 is 45.0. The van der Waals surface area contributed by atoms with Crippen molar-refractivity contribution in [3.05, 3.63) is 53.8 Å². The normalized spacial score (nSPS) is 11.8. The molecule has 3 rings (SSSR count). The predicted octanol–water partition coefficient (Wildman–Crippen LogP) is 2.69. The van der Waals surface area contributed by atoms with E-state index in [9.17, 15) is 12.8 Å². The fraction of sp³-hybridized carbons (Fsp3) is 0.188. The number of hydrogen-bond acceptors (Lipinski definition) is 4. The molecule has 1 aromatic heterocycles. The summed E-state index contributed by atoms with van der Waals surface area (Å²) in [5, 5.41) is -0.0751. The van der Waals surface area contributed by atoms with Crippen molar-refractivity contribution in [2.75, 3.05) is 7.11 Å². The van der Waals surface area contributed by atoms with E-state index in [2.05, 4.69) is 4.98 Å². The van der Waals surface area contributed by atoms with E-state index in [4.69, 9.17) is 4.74 Å². The van der Waals surface area contributed by atoms with Gasteiger partial charge >= 0.3 is 0 Å². The number of methoxy groups -OCH3 is 1. The van der Waals surface area contributed by atoms with Crippen LogP contribution in [-0.4, -0.2) is 25.1 Å². The van der Waals surface area contributed by atoms with Gasteiger partial charge in [0.2, 0.25) is 15.0 Å². The maximum atomic E-state index is 13.3. The van der Waals surface area contributed by atoms with Crippen LogP contribution in [-0.2, 0) is 22.6 Å². The molecule has 0 aliphatic rings. The van der Waals surface area contributed by atoms with Crippen molar-refractivity contribution < 1.29 is 17.5 Å². The van der Waals surface area contributed by atoms with Gasteiger partial charge in [0.05, 0.1) is 23.9 Å². The van der Waals surface area contributed by atoms with Crippen molar-refractivity contribution in [3.63, 3.8) is 0 Å². The number of benzene rings is 2. The molecule has 0 saturated heterocycles. The zero-order valence-corrected chi connectivity index (χ0v) is 13.5. The number of sulfone groups is 1. The highest BCUT2D eigenvalue weighted by Gasteiger charge is 2.23. The van der Waals surface area contributed by atoms with Crippen molar-refractivity contribution in [1.29, 1.82) is 0 Å². The molecular weight excluding hydrogens is 319 g/mol. The van der Waals surface area contributed by atoms with Crippen molar-refractivity contribution in [1.82, 2.24) is 9.55 Å². The van der Waals surface area contributed by atoms with Crippen LogP contribution in [0.25, 0.3) is 11.0 Å². The van der Waals surface area contributed by atoms with E-state index in [0.717, 1.165) is 0 Å². The van der Waals surface area contributed by atoms with Gasteiger partial charge in [0, 0.05) is 7.05 Å². The molecule has 0 amide bonds. The highest BCUT2D eigenvalue weighted by Crippen LogP contribution is 2.22. The second-order valence-electron chi connectivity index (χ2n) is 5.19. The summed E-state index contributed by atoms with van der Waals surface area (Å²) in [6.45, 7) is 0. The maximum Gasteiger partial charge on any atom is 0.228 e. The number of rotatable bonds is 4. The van der Waals surface area contributed by atoms with E-state index in [1.165, 1.54) is 22.8 Å². The SMILES string of the molecule is COc1ccc(CS(=O)(=O)c2nc3ccc(F)cc3n2C)cc1. The summed E-state index contributed by atoms with van der Waals surface area (Å²) in [5.41, 5.74) is 1.52. The van der Waals surface area contributed by atoms with Crippen LogP contribution in [0.15, 0.2) is 47.6 Å². The van der Waals surface area contributed by atoms with Crippen LogP contribution in [0.3, 0.4) is 0 Å². The number of aromatic nitrogens is 2. The maximum absolute atomic E-state index is 13.3. The third-order valence-corrected chi connectivity index (χ3v) is 5.23. The minimum absolute atomic E-state index is 0.0751. The third-order valence-electron chi connectivity index (χ3n) is 3.60. The van der Waals surface area contributed by atoms with E-state index in [1.807, 2.05) is 0 Å². The molecule has 1 heterocycles. The summed E-state index contributed by atoms with van der Waals surface area (Å²) in [5.74, 6) is 0.0420. The van der Waals surface area contributed by atoms with Crippen molar-refractivity contribution in [3.8, 4) is 5.75 Å². The Morgan fingerprint density at radius 2 is 1.87 bits per heavy atom. The number of hydrogen-bond donors (Lipinski definition) is 0. The molecule has 3 aromatic rings. The third kappa shape index (κ3) is 2.92. The predicted molar refractivity (Wildman–Crippen MR) is 84.6 cm³/mol. The van der Waals surface area contributed by atoms with Gasteiger partial charge in [-0.1, -0.05) is 12.1 Å². The Kier molecular flexibility index (Phi) is 3.81. The first-order valence-electron chi connectivity index (χ1n) is 6.88. The lowest BCUT2D eigenvalue weighted by atomic mass is 10.2. The van der Waals surface area contributed by atoms with Crippen LogP contribution in [0.5, 0.6) is 5.75 Å². The van der Waals surface area contributed by atoms with Crippen LogP contribution in [0.1, 0.15) is 5.56 Å². The molecule has 120 valence electrons. The molecule has 0 unspecified atom stereocenters. The fourth-order valence-corrected chi connectivity index (χ4v) is 3.94. The van der Waals surface area contributed by atoms with Gasteiger partial charge in [0.1, 0.15) is 11.6 Å². The van der Waals surface area contributed by atoms with Crippen molar-refractivity contribution in [2.24, 2.45) is 7.05 Å². The van der Waals surface area contributed by atoms with E-state index >= 15 is 0 Å². The Labute approximate surface area is 133 Å². The zero-order valence-electron chi connectivity index (χ0n) is 12.7. The van der Waals surface area contributed by atoms with E-state index in [1.54, 1.807) is 38.4 Å². The second kappa shape index (κ2) is 5.66. The summed E-state index contributed by atoms with van der Waals surface area (Å²) in [6, 6.07) is 10.8. The summed E-state index contributed by atoms with van der Waals surface area (Å²) in [7, 11) is -0.539. The standard InChI is InChI=1S/C16H15FN2O3S/c1-19-15-9-12(17)5-8-14(15)18-16(19)23(20,21)10-11-3-6-13(22-2)7-4-11/h3-9H,10H2,1-2H3. The largest absolute Gasteiger partial charge is 0.497 e. The quantitative estimate of drug-likeness (QED) is 0.736. The highest BCUT2D eigenvalue weighted by molar-refractivity contribution is 7.90. The molecule has 0 radical (unpaired) electrons. The van der Waals surface area contributed by atoms with E-state index in [-0.39, 0.29) is 10.9 Å². The highest BCUT2D eigenvalue weighted by atomic mass is 32.2. The van der Waals surface area contributed by atoms with Gasteiger partial charge in [-0.25, -0.2) is 17.8 Å². The van der Waals surface area contributed by atoms with Gasteiger partial charge in [-0.15, -0.1) is 0 Å². The Hall–Kier alpha value is -2.41. The number of aryl methyl sites for hydroxylation is 1. The number of ether oxygens (including phenoxy) is 1. The lowest BCUT2D eigenvalue weighted by molar-refractivity contribution is 0.414. The van der Waals surface area contributed by atoms with Gasteiger partial charge in [-0.2, -0.15) is 0 Å². The van der Waals surface area contributed by atoms with Crippen LogP contribution < -0.4 is 4.74 Å². The van der Waals surface area contributed by atoms with Gasteiger partial charge in [0.25, 0.3) is 0 Å². The van der Waals surface area contributed by atoms with E-state index in [0.29, 0.717) is 22.3 Å². The molecule has 7 heteroatoms. The lowest BCUT2D eigenvalue weighted by Gasteiger charge is -2.06. The lowest BCUT2D eigenvalue weighted by Crippen LogP contribution is -2.11. The first-order valence-corrected chi connectivity index (χ1v) is 8.53. The minimum atomic E-state index is -3.65. The molecule has 0 bridgehead atoms. The minimum Gasteiger partial charge on any atom is -0.497 e. The van der Waals surface area contributed by atoms with Gasteiger partial charge in [0.15, 0.2) is 0 Å². The van der Waals surface area contributed by atoms with Gasteiger partial charge in [-0.3, -0.25) is 0 Å². The smallest absolute Gasteiger partial charge is 0.228 e. The van der Waals surface area contributed by atoms with Crippen LogP contribution >= 0.6 is 0 Å². The summed E-state index contributed by atoms with van der Waals surface area (Å²) >= 11 is 0. The molecule has 0 N–H and O–H groups in total. The van der Waals surface area contributed by atoms with Crippen LogP contribution in [0.2, 0.25) is 0 Å². The molecule has 0 fully saturated rings. The number of nitrogens with zero attached hydrogens (tertiary/aromatic N) is 2. The molecular formula is C16H15FN2O3S. The van der Waals surface area contributed by atoms with Crippen molar-refractivity contribution >= 4 is 20.9 Å². The number of halogens is 1. The zero-order chi connectivity index (χ0) is 16.6.